The molecular formula is C26H54NO7P. The highest BCUT2D eigenvalue weighted by atomic mass is 31.2. The van der Waals surface area contributed by atoms with E-state index in [4.69, 9.17) is 30.1 Å². The number of aliphatic carboxylic acids is 1. The number of carbonyl (C=O) groups excluding carboxylic acids is 1. The maximum absolute atomic E-state index is 10.5. The molecule has 1 amide bonds. The lowest BCUT2D eigenvalue weighted by Crippen LogP contribution is -2.11. The van der Waals surface area contributed by atoms with Gasteiger partial charge in [0.05, 0.1) is 5.92 Å². The van der Waals surface area contributed by atoms with Gasteiger partial charge >= 0.3 is 13.8 Å². The molecule has 0 aliphatic carbocycles. The van der Waals surface area contributed by atoms with E-state index in [1.165, 1.54) is 70.6 Å². The first-order valence-corrected chi connectivity index (χ1v) is 15.0. The number of amides is 1. The summed E-state index contributed by atoms with van der Waals surface area (Å²) >= 11 is 0. The van der Waals surface area contributed by atoms with Crippen LogP contribution in [0.2, 0.25) is 0 Å². The van der Waals surface area contributed by atoms with E-state index in [0.717, 1.165) is 38.5 Å². The summed E-state index contributed by atoms with van der Waals surface area (Å²) in [6.45, 7) is 6.27. The Balaban J connectivity index is -0.000000563. The summed E-state index contributed by atoms with van der Waals surface area (Å²) in [6, 6.07) is 0. The number of hydrogen-bond acceptors (Lipinski definition) is 3. The molecule has 9 heteroatoms. The number of hydrogen-bond donors (Lipinski definition) is 5. The molecule has 210 valence electrons. The summed E-state index contributed by atoms with van der Waals surface area (Å²) in [6.07, 6.45) is 25.6. The molecule has 0 aromatic rings. The molecule has 0 aliphatic heterocycles. The van der Waals surface area contributed by atoms with Crippen LogP contribution in [0.25, 0.3) is 0 Å². The SMILES string of the molecule is CCCCC(CC)C(=O)O.CCCCCCCC/C=C\CCCCCCCC(N)=O.O=P(O)(O)O. The van der Waals surface area contributed by atoms with Gasteiger partial charge in [-0.3, -0.25) is 9.59 Å². The highest BCUT2D eigenvalue weighted by molar-refractivity contribution is 7.45. The average Bonchev–Trinajstić information content (AvgIpc) is 2.76. The fraction of sp³-hybridized carbons (Fsp3) is 0.846. The van der Waals surface area contributed by atoms with Crippen molar-refractivity contribution in [3.63, 3.8) is 0 Å². The zero-order chi connectivity index (χ0) is 27.4. The van der Waals surface area contributed by atoms with E-state index in [2.05, 4.69) is 26.0 Å². The van der Waals surface area contributed by atoms with E-state index in [9.17, 15) is 9.59 Å². The first-order valence-electron chi connectivity index (χ1n) is 13.4. The first kappa shape index (κ1) is 38.3. The zero-order valence-electron chi connectivity index (χ0n) is 22.5. The molecule has 0 aliphatic rings. The van der Waals surface area contributed by atoms with Crippen LogP contribution >= 0.6 is 7.82 Å². The molecule has 0 spiro atoms. The highest BCUT2D eigenvalue weighted by Crippen LogP contribution is 2.25. The molecule has 0 bridgehead atoms. The van der Waals surface area contributed by atoms with Crippen LogP contribution in [0.15, 0.2) is 12.2 Å². The lowest BCUT2D eigenvalue weighted by Gasteiger charge is -2.06. The Morgan fingerprint density at radius 1 is 0.743 bits per heavy atom. The third-order valence-electron chi connectivity index (χ3n) is 5.43. The molecule has 0 heterocycles. The van der Waals surface area contributed by atoms with Crippen LogP contribution in [0, 0.1) is 5.92 Å². The van der Waals surface area contributed by atoms with Crippen LogP contribution in [0.5, 0.6) is 0 Å². The minimum Gasteiger partial charge on any atom is -0.481 e. The van der Waals surface area contributed by atoms with Crippen molar-refractivity contribution in [3.8, 4) is 0 Å². The number of carboxylic acids is 1. The monoisotopic (exact) mass is 523 g/mol. The van der Waals surface area contributed by atoms with Crippen molar-refractivity contribution in [2.24, 2.45) is 11.7 Å². The Morgan fingerprint density at radius 3 is 1.51 bits per heavy atom. The molecule has 0 aromatic heterocycles. The zero-order valence-corrected chi connectivity index (χ0v) is 23.4. The van der Waals surface area contributed by atoms with Crippen LogP contribution in [0.4, 0.5) is 0 Å². The third-order valence-corrected chi connectivity index (χ3v) is 5.43. The predicted octanol–water partition coefficient (Wildman–Crippen LogP) is 6.87. The van der Waals surface area contributed by atoms with Gasteiger partial charge in [0.15, 0.2) is 0 Å². The Morgan fingerprint density at radius 2 is 1.14 bits per heavy atom. The van der Waals surface area contributed by atoms with Gasteiger partial charge in [0.25, 0.3) is 0 Å². The molecule has 1 unspecified atom stereocenters. The first-order chi connectivity index (χ1) is 16.5. The van der Waals surface area contributed by atoms with Crippen molar-refractivity contribution >= 4 is 19.7 Å². The van der Waals surface area contributed by atoms with E-state index in [-0.39, 0.29) is 11.8 Å². The summed E-state index contributed by atoms with van der Waals surface area (Å²) in [7, 11) is -4.64. The molecule has 0 saturated carbocycles. The molecular weight excluding hydrogens is 469 g/mol. The highest BCUT2D eigenvalue weighted by Gasteiger charge is 2.12. The maximum Gasteiger partial charge on any atom is 0.466 e. The molecule has 6 N–H and O–H groups in total. The van der Waals surface area contributed by atoms with Gasteiger partial charge in [0.2, 0.25) is 5.91 Å². The van der Waals surface area contributed by atoms with Crippen molar-refractivity contribution in [1.82, 2.24) is 0 Å². The number of nitrogens with two attached hydrogens (primary N) is 1. The largest absolute Gasteiger partial charge is 0.481 e. The van der Waals surface area contributed by atoms with E-state index >= 15 is 0 Å². The van der Waals surface area contributed by atoms with Gasteiger partial charge in [-0.15, -0.1) is 0 Å². The quantitative estimate of drug-likeness (QED) is 0.0661. The van der Waals surface area contributed by atoms with Crippen molar-refractivity contribution in [3.05, 3.63) is 12.2 Å². The van der Waals surface area contributed by atoms with Crippen LogP contribution < -0.4 is 5.73 Å². The Hall–Kier alpha value is -1.21. The van der Waals surface area contributed by atoms with E-state index in [1.807, 2.05) is 6.92 Å². The number of allylic oxidation sites excluding steroid dienone is 2. The number of phosphoric acid groups is 1. The summed E-state index contributed by atoms with van der Waals surface area (Å²) in [5.74, 6) is -0.918. The Labute approximate surface area is 214 Å². The van der Waals surface area contributed by atoms with Gasteiger partial charge in [-0.2, -0.15) is 0 Å². The molecule has 0 rings (SSSR count). The third kappa shape index (κ3) is 46.7. The number of primary amides is 1. The van der Waals surface area contributed by atoms with Crippen LogP contribution in [0.3, 0.4) is 0 Å². The molecule has 0 radical (unpaired) electrons. The summed E-state index contributed by atoms with van der Waals surface area (Å²) in [4.78, 5) is 42.5. The average molecular weight is 524 g/mol. The van der Waals surface area contributed by atoms with Crippen LogP contribution in [0.1, 0.15) is 136 Å². The van der Waals surface area contributed by atoms with Crippen molar-refractivity contribution in [1.29, 1.82) is 0 Å². The van der Waals surface area contributed by atoms with Crippen molar-refractivity contribution in [2.45, 2.75) is 136 Å². The summed E-state index contributed by atoms with van der Waals surface area (Å²) < 4.78 is 8.88. The lowest BCUT2D eigenvalue weighted by atomic mass is 10.00. The number of rotatable bonds is 20. The topological polar surface area (TPSA) is 158 Å². The standard InChI is InChI=1S/C18H35NO.C8H16O2.H3O4P/c1-2-3-4-5-6-7-8-9-10-11-12-13-14-15-16-17-18(19)20;1-3-5-6-7(4-2)8(9)10;1-5(2,3)4/h9-10H,2-8,11-17H2,1H3,(H2,19,20);7H,3-6H2,1-2H3,(H,9,10);(H3,1,2,3,4)/b10-9-;;. The fourth-order valence-electron chi connectivity index (χ4n) is 3.32. The predicted molar refractivity (Wildman–Crippen MR) is 144 cm³/mol. The van der Waals surface area contributed by atoms with Gasteiger partial charge in [-0.1, -0.05) is 97.1 Å². The van der Waals surface area contributed by atoms with Gasteiger partial charge in [-0.05, 0) is 44.9 Å². The second kappa shape index (κ2) is 29.0. The maximum atomic E-state index is 10.5. The molecule has 0 aromatic carbocycles. The number of unbranched alkanes of at least 4 members (excludes halogenated alkanes) is 12. The minimum atomic E-state index is -4.64. The van der Waals surface area contributed by atoms with Gasteiger partial charge in [0, 0.05) is 6.42 Å². The summed E-state index contributed by atoms with van der Waals surface area (Å²) in [5.41, 5.74) is 5.10. The van der Waals surface area contributed by atoms with Gasteiger partial charge in [-0.25, -0.2) is 4.57 Å². The number of carboxylic acid groups (broad SMARTS) is 1. The fourth-order valence-corrected chi connectivity index (χ4v) is 3.32. The Kier molecular flexibility index (Phi) is 31.8. The van der Waals surface area contributed by atoms with Crippen LogP contribution in [-0.2, 0) is 14.2 Å². The van der Waals surface area contributed by atoms with E-state index in [0.29, 0.717) is 6.42 Å². The lowest BCUT2D eigenvalue weighted by molar-refractivity contribution is -0.142. The normalized spacial score (nSPS) is 11.8. The Bertz CT molecular complexity index is 542. The minimum absolute atomic E-state index is 0.111. The smallest absolute Gasteiger partial charge is 0.466 e. The number of carbonyl (C=O) groups is 2. The van der Waals surface area contributed by atoms with Gasteiger partial charge in [0.1, 0.15) is 0 Å². The van der Waals surface area contributed by atoms with Gasteiger partial charge < -0.3 is 25.5 Å². The van der Waals surface area contributed by atoms with Crippen molar-refractivity contribution < 1.29 is 33.9 Å². The molecule has 0 fully saturated rings. The molecule has 35 heavy (non-hydrogen) atoms. The second-order valence-corrected chi connectivity index (χ2v) is 9.93. The molecule has 8 nitrogen and oxygen atoms in total. The summed E-state index contributed by atoms with van der Waals surface area (Å²) in [5, 5.41) is 8.60. The van der Waals surface area contributed by atoms with Crippen molar-refractivity contribution in [2.75, 3.05) is 0 Å². The molecule has 0 saturated heterocycles. The second-order valence-electron chi connectivity index (χ2n) is 8.90. The van der Waals surface area contributed by atoms with E-state index in [1.54, 1.807) is 0 Å². The van der Waals surface area contributed by atoms with E-state index < -0.39 is 13.8 Å². The van der Waals surface area contributed by atoms with Crippen LogP contribution in [-0.4, -0.2) is 31.7 Å². The molecule has 1 atom stereocenters.